The lowest BCUT2D eigenvalue weighted by Crippen LogP contribution is -2.50. The lowest BCUT2D eigenvalue weighted by Gasteiger charge is -2.39. The van der Waals surface area contributed by atoms with E-state index in [1.165, 1.54) is 25.7 Å². The highest BCUT2D eigenvalue weighted by Crippen LogP contribution is 2.35. The van der Waals surface area contributed by atoms with Gasteiger partial charge in [0, 0.05) is 36.4 Å². The van der Waals surface area contributed by atoms with Gasteiger partial charge in [0.2, 0.25) is 0 Å². The predicted molar refractivity (Wildman–Crippen MR) is 90.5 cm³/mol. The minimum Gasteiger partial charge on any atom is -0.311 e. The summed E-state index contributed by atoms with van der Waals surface area (Å²) in [5.74, 6) is 0. The van der Waals surface area contributed by atoms with E-state index in [0.717, 1.165) is 37.8 Å². The molecule has 2 unspecified atom stereocenters. The molecule has 2 aliphatic heterocycles. The van der Waals surface area contributed by atoms with Gasteiger partial charge in [0.05, 0.1) is 6.04 Å². The van der Waals surface area contributed by atoms with Crippen LogP contribution in [-0.4, -0.2) is 45.9 Å². The Kier molecular flexibility index (Phi) is 4.24. The number of hydrogen-bond acceptors (Lipinski definition) is 4. The Labute approximate surface area is 138 Å². The van der Waals surface area contributed by atoms with Crippen LogP contribution in [0.3, 0.4) is 0 Å². The molecular formula is C18H28N4O. The predicted octanol–water partition coefficient (Wildman–Crippen LogP) is 1.94. The van der Waals surface area contributed by atoms with Gasteiger partial charge in [-0.2, -0.15) is 5.10 Å². The van der Waals surface area contributed by atoms with Gasteiger partial charge < -0.3 is 10.2 Å². The third-order valence-corrected chi connectivity index (χ3v) is 6.35. The van der Waals surface area contributed by atoms with Crippen LogP contribution in [0.2, 0.25) is 0 Å². The van der Waals surface area contributed by atoms with E-state index >= 15 is 0 Å². The molecule has 0 amide bonds. The molecule has 2 saturated heterocycles. The summed E-state index contributed by atoms with van der Waals surface area (Å²) in [5, 5.41) is 8.19. The van der Waals surface area contributed by atoms with E-state index < -0.39 is 0 Å². The SMILES string of the molecule is CN1C2CCC1CC(NC1CCC(n3ncccc3=O)CC1)C2. The van der Waals surface area contributed by atoms with Crippen LogP contribution in [0.1, 0.15) is 57.4 Å². The van der Waals surface area contributed by atoms with Crippen molar-refractivity contribution in [2.24, 2.45) is 0 Å². The van der Waals surface area contributed by atoms with Crippen molar-refractivity contribution in [2.75, 3.05) is 7.05 Å². The van der Waals surface area contributed by atoms with Crippen molar-refractivity contribution in [1.29, 1.82) is 0 Å². The average Bonchev–Trinajstić information content (AvgIpc) is 2.78. The molecule has 126 valence electrons. The Morgan fingerprint density at radius 2 is 1.65 bits per heavy atom. The van der Waals surface area contributed by atoms with Gasteiger partial charge in [0.1, 0.15) is 0 Å². The van der Waals surface area contributed by atoms with Crippen LogP contribution in [0.25, 0.3) is 0 Å². The fourth-order valence-electron chi connectivity index (χ4n) is 5.01. The summed E-state index contributed by atoms with van der Waals surface area (Å²) >= 11 is 0. The van der Waals surface area contributed by atoms with Crippen LogP contribution in [-0.2, 0) is 0 Å². The highest BCUT2D eigenvalue weighted by Gasteiger charge is 2.39. The van der Waals surface area contributed by atoms with Crippen LogP contribution in [0.5, 0.6) is 0 Å². The first kappa shape index (κ1) is 15.3. The molecule has 1 N–H and O–H groups in total. The second kappa shape index (κ2) is 6.36. The van der Waals surface area contributed by atoms with Gasteiger partial charge in [0.15, 0.2) is 0 Å². The first-order valence-electron chi connectivity index (χ1n) is 9.22. The Morgan fingerprint density at radius 1 is 1.00 bits per heavy atom. The molecule has 2 atom stereocenters. The summed E-state index contributed by atoms with van der Waals surface area (Å²) in [5.41, 5.74) is 0.0378. The molecule has 0 aromatic carbocycles. The number of hydrogen-bond donors (Lipinski definition) is 1. The number of rotatable bonds is 3. The third-order valence-electron chi connectivity index (χ3n) is 6.35. The van der Waals surface area contributed by atoms with E-state index in [4.69, 9.17) is 0 Å². The Balaban J connectivity index is 1.31. The number of aromatic nitrogens is 2. The third kappa shape index (κ3) is 3.09. The lowest BCUT2D eigenvalue weighted by atomic mass is 9.89. The molecule has 5 nitrogen and oxygen atoms in total. The zero-order valence-corrected chi connectivity index (χ0v) is 14.0. The summed E-state index contributed by atoms with van der Waals surface area (Å²) in [4.78, 5) is 14.5. The first-order chi connectivity index (χ1) is 11.2. The monoisotopic (exact) mass is 316 g/mol. The number of nitrogens with one attached hydrogen (secondary N) is 1. The maximum Gasteiger partial charge on any atom is 0.266 e. The normalized spacial score (nSPS) is 37.9. The van der Waals surface area contributed by atoms with E-state index in [9.17, 15) is 4.79 Å². The van der Waals surface area contributed by atoms with E-state index in [2.05, 4.69) is 22.4 Å². The first-order valence-corrected chi connectivity index (χ1v) is 9.22. The highest BCUT2D eigenvalue weighted by molar-refractivity contribution is 4.97. The quantitative estimate of drug-likeness (QED) is 0.926. The van der Waals surface area contributed by atoms with Crippen molar-refractivity contribution in [3.8, 4) is 0 Å². The molecule has 1 aromatic heterocycles. The number of piperidine rings is 1. The minimum atomic E-state index is 0.0378. The lowest BCUT2D eigenvalue weighted by molar-refractivity contribution is 0.135. The van der Waals surface area contributed by atoms with E-state index in [0.29, 0.717) is 12.1 Å². The summed E-state index contributed by atoms with van der Waals surface area (Å²) in [6.45, 7) is 0. The molecule has 23 heavy (non-hydrogen) atoms. The maximum absolute atomic E-state index is 11.9. The van der Waals surface area contributed by atoms with Crippen LogP contribution in [0.15, 0.2) is 23.1 Å². The van der Waals surface area contributed by atoms with E-state index in [-0.39, 0.29) is 11.6 Å². The van der Waals surface area contributed by atoms with Gasteiger partial charge in [-0.15, -0.1) is 0 Å². The molecule has 3 heterocycles. The zero-order valence-electron chi connectivity index (χ0n) is 14.0. The van der Waals surface area contributed by atoms with Crippen LogP contribution < -0.4 is 10.9 Å². The standard InChI is InChI=1S/C18H28N4O/c1-21-16-8-9-17(21)12-14(11-16)20-13-4-6-15(7-5-13)22-18(23)3-2-10-19-22/h2-3,10,13-17,20H,4-9,11-12H2,1H3. The molecular weight excluding hydrogens is 288 g/mol. The molecule has 3 aliphatic rings. The largest absolute Gasteiger partial charge is 0.311 e. The molecule has 3 fully saturated rings. The smallest absolute Gasteiger partial charge is 0.266 e. The van der Waals surface area contributed by atoms with Crippen LogP contribution in [0, 0.1) is 0 Å². The van der Waals surface area contributed by atoms with Crippen LogP contribution in [0.4, 0.5) is 0 Å². The maximum atomic E-state index is 11.9. The molecule has 0 spiro atoms. The summed E-state index contributed by atoms with van der Waals surface area (Å²) < 4.78 is 1.69. The summed E-state index contributed by atoms with van der Waals surface area (Å²) in [6, 6.07) is 6.55. The number of nitrogens with zero attached hydrogens (tertiary/aromatic N) is 3. The molecule has 1 aliphatic carbocycles. The fourth-order valence-corrected chi connectivity index (χ4v) is 5.01. The van der Waals surface area contributed by atoms with Crippen molar-refractivity contribution in [3.63, 3.8) is 0 Å². The highest BCUT2D eigenvalue weighted by atomic mass is 16.1. The van der Waals surface area contributed by atoms with Gasteiger partial charge in [-0.25, -0.2) is 4.68 Å². The number of fused-ring (bicyclic) bond motifs is 2. The van der Waals surface area contributed by atoms with E-state index in [1.807, 2.05) is 0 Å². The second-order valence-electron chi connectivity index (χ2n) is 7.70. The van der Waals surface area contributed by atoms with Gasteiger partial charge in [0.25, 0.3) is 5.56 Å². The zero-order chi connectivity index (χ0) is 15.8. The molecule has 0 radical (unpaired) electrons. The van der Waals surface area contributed by atoms with Crippen LogP contribution >= 0.6 is 0 Å². The van der Waals surface area contributed by atoms with Gasteiger partial charge in [-0.3, -0.25) is 4.79 Å². The topological polar surface area (TPSA) is 50.2 Å². The van der Waals surface area contributed by atoms with Crippen molar-refractivity contribution >= 4 is 0 Å². The molecule has 5 heteroatoms. The Morgan fingerprint density at radius 3 is 2.30 bits per heavy atom. The van der Waals surface area contributed by atoms with Crippen molar-refractivity contribution in [2.45, 2.75) is 81.6 Å². The molecule has 2 bridgehead atoms. The van der Waals surface area contributed by atoms with E-state index in [1.54, 1.807) is 23.0 Å². The minimum absolute atomic E-state index is 0.0378. The summed E-state index contributed by atoms with van der Waals surface area (Å²) in [7, 11) is 2.30. The average molecular weight is 316 g/mol. The Bertz CT molecular complexity index is 579. The second-order valence-corrected chi connectivity index (χ2v) is 7.70. The van der Waals surface area contributed by atoms with Gasteiger partial charge in [-0.1, -0.05) is 0 Å². The fraction of sp³-hybridized carbons (Fsp3) is 0.778. The van der Waals surface area contributed by atoms with Crippen molar-refractivity contribution < 1.29 is 0 Å². The Hall–Kier alpha value is -1.20. The van der Waals surface area contributed by atoms with Gasteiger partial charge in [-0.05, 0) is 64.5 Å². The van der Waals surface area contributed by atoms with Crippen molar-refractivity contribution in [3.05, 3.63) is 28.7 Å². The molecule has 1 saturated carbocycles. The summed E-state index contributed by atoms with van der Waals surface area (Å²) in [6.07, 6.45) is 11.6. The molecule has 1 aromatic rings. The van der Waals surface area contributed by atoms with Gasteiger partial charge >= 0.3 is 0 Å². The van der Waals surface area contributed by atoms with Crippen molar-refractivity contribution in [1.82, 2.24) is 20.0 Å². The molecule has 4 rings (SSSR count).